The molecule has 118 valence electrons. The average Bonchev–Trinajstić information content (AvgIpc) is 2.80. The zero-order valence-electron chi connectivity index (χ0n) is 12.8. The van der Waals surface area contributed by atoms with E-state index in [1.165, 1.54) is 0 Å². The maximum atomic E-state index is 12.2. The summed E-state index contributed by atoms with van der Waals surface area (Å²) in [6.07, 6.45) is 0.987. The highest BCUT2D eigenvalue weighted by Gasteiger charge is 2.20. The first-order chi connectivity index (χ1) is 10.7. The van der Waals surface area contributed by atoms with Crippen LogP contribution < -0.4 is 10.5 Å². The molecule has 0 bridgehead atoms. The molecule has 1 aromatic carbocycles. The van der Waals surface area contributed by atoms with Crippen molar-refractivity contribution in [1.82, 2.24) is 14.9 Å². The molecule has 22 heavy (non-hydrogen) atoms. The van der Waals surface area contributed by atoms with Crippen LogP contribution in [0.25, 0.3) is 10.9 Å². The topological polar surface area (TPSA) is 72.5 Å². The summed E-state index contributed by atoms with van der Waals surface area (Å²) in [6, 6.07) is 7.57. The minimum atomic E-state index is -0.0922. The molecule has 3 rings (SSSR count). The lowest BCUT2D eigenvalue weighted by atomic mass is 10.2. The van der Waals surface area contributed by atoms with Crippen LogP contribution in [0.2, 0.25) is 0 Å². The summed E-state index contributed by atoms with van der Waals surface area (Å²) >= 11 is 0. The third-order valence-corrected chi connectivity index (χ3v) is 4.32. The van der Waals surface area contributed by atoms with Crippen molar-refractivity contribution in [3.63, 3.8) is 0 Å². The molecule has 0 radical (unpaired) electrons. The van der Waals surface area contributed by atoms with Crippen LogP contribution in [-0.4, -0.2) is 58.8 Å². The van der Waals surface area contributed by atoms with Gasteiger partial charge >= 0.3 is 0 Å². The van der Waals surface area contributed by atoms with E-state index >= 15 is 0 Å². The van der Waals surface area contributed by atoms with Crippen molar-refractivity contribution in [2.24, 2.45) is 0 Å². The number of fused-ring (bicyclic) bond motifs is 1. The number of nitrogens with zero attached hydrogens (tertiary/aromatic N) is 3. The molecule has 1 aliphatic heterocycles. The number of aromatic amines is 1. The van der Waals surface area contributed by atoms with Gasteiger partial charge in [0.15, 0.2) is 0 Å². The van der Waals surface area contributed by atoms with Crippen molar-refractivity contribution in [1.29, 1.82) is 0 Å². The number of H-pyrrole nitrogens is 1. The number of aromatic nitrogens is 2. The number of aliphatic hydroxyl groups is 1. The summed E-state index contributed by atoms with van der Waals surface area (Å²) in [7, 11) is 0. The second kappa shape index (κ2) is 6.46. The molecule has 1 saturated heterocycles. The molecule has 1 aliphatic rings. The molecular weight excluding hydrogens is 280 g/mol. The highest BCUT2D eigenvalue weighted by molar-refractivity contribution is 5.78. The normalized spacial score (nSPS) is 18.4. The van der Waals surface area contributed by atoms with Gasteiger partial charge in [-0.1, -0.05) is 12.1 Å². The molecule has 1 aromatic heterocycles. The first kappa shape index (κ1) is 15.0. The summed E-state index contributed by atoms with van der Waals surface area (Å²) in [6.45, 7) is 5.67. The van der Waals surface area contributed by atoms with Crippen molar-refractivity contribution in [2.45, 2.75) is 19.4 Å². The monoisotopic (exact) mass is 302 g/mol. The molecule has 1 fully saturated rings. The van der Waals surface area contributed by atoms with Crippen LogP contribution in [0.5, 0.6) is 0 Å². The zero-order valence-corrected chi connectivity index (χ0v) is 12.8. The van der Waals surface area contributed by atoms with Crippen molar-refractivity contribution < 1.29 is 5.11 Å². The number of hydrogen-bond donors (Lipinski definition) is 2. The number of para-hydroxylation sites is 1. The van der Waals surface area contributed by atoms with Crippen LogP contribution in [-0.2, 0) is 0 Å². The maximum absolute atomic E-state index is 12.2. The fourth-order valence-electron chi connectivity index (χ4n) is 2.93. The largest absolute Gasteiger partial charge is 0.395 e. The lowest BCUT2D eigenvalue weighted by Gasteiger charge is -2.26. The second-order valence-corrected chi connectivity index (χ2v) is 5.81. The molecule has 0 spiro atoms. The Kier molecular flexibility index (Phi) is 4.40. The maximum Gasteiger partial charge on any atom is 0.260 e. The molecule has 1 unspecified atom stereocenters. The molecule has 0 saturated carbocycles. The van der Waals surface area contributed by atoms with Gasteiger partial charge in [0.25, 0.3) is 5.56 Å². The van der Waals surface area contributed by atoms with Gasteiger partial charge in [0.05, 0.1) is 17.5 Å². The van der Waals surface area contributed by atoms with E-state index in [1.54, 1.807) is 6.07 Å². The van der Waals surface area contributed by atoms with Crippen molar-refractivity contribution >= 4 is 16.9 Å². The Bertz CT molecular complexity index is 700. The Hall–Kier alpha value is -1.92. The summed E-state index contributed by atoms with van der Waals surface area (Å²) in [5, 5.41) is 9.92. The highest BCUT2D eigenvalue weighted by Crippen LogP contribution is 2.14. The van der Waals surface area contributed by atoms with E-state index in [4.69, 9.17) is 0 Å². The molecule has 0 amide bonds. The highest BCUT2D eigenvalue weighted by atomic mass is 16.3. The number of rotatable bonds is 3. The third kappa shape index (κ3) is 2.98. The van der Waals surface area contributed by atoms with Gasteiger partial charge in [-0.05, 0) is 25.5 Å². The average molecular weight is 302 g/mol. The van der Waals surface area contributed by atoms with Crippen LogP contribution in [0, 0.1) is 0 Å². The zero-order chi connectivity index (χ0) is 15.5. The van der Waals surface area contributed by atoms with Crippen molar-refractivity contribution in [3.8, 4) is 0 Å². The smallest absolute Gasteiger partial charge is 0.260 e. The summed E-state index contributed by atoms with van der Waals surface area (Å²) in [5.41, 5.74) is 0.636. The summed E-state index contributed by atoms with van der Waals surface area (Å²) in [4.78, 5) is 24.1. The van der Waals surface area contributed by atoms with E-state index in [0.29, 0.717) is 11.3 Å². The van der Waals surface area contributed by atoms with Gasteiger partial charge in [-0.2, -0.15) is 0 Å². The van der Waals surface area contributed by atoms with E-state index < -0.39 is 0 Å². The Morgan fingerprint density at radius 1 is 1.27 bits per heavy atom. The number of anilines is 1. The van der Waals surface area contributed by atoms with Gasteiger partial charge in [-0.25, -0.2) is 4.98 Å². The fraction of sp³-hybridized carbons (Fsp3) is 0.500. The predicted octanol–water partition coefficient (Wildman–Crippen LogP) is 0.816. The second-order valence-electron chi connectivity index (χ2n) is 5.81. The number of nitrogens with one attached hydrogen (secondary N) is 1. The lowest BCUT2D eigenvalue weighted by Crippen LogP contribution is -2.39. The molecule has 2 heterocycles. The molecule has 1 atom stereocenters. The quantitative estimate of drug-likeness (QED) is 0.878. The molecule has 6 nitrogen and oxygen atoms in total. The minimum absolute atomic E-state index is 0.0922. The van der Waals surface area contributed by atoms with E-state index in [0.717, 1.165) is 38.1 Å². The van der Waals surface area contributed by atoms with E-state index in [9.17, 15) is 9.90 Å². The van der Waals surface area contributed by atoms with Gasteiger partial charge < -0.3 is 10.0 Å². The summed E-state index contributed by atoms with van der Waals surface area (Å²) < 4.78 is 0. The molecule has 2 N–H and O–H groups in total. The third-order valence-electron chi connectivity index (χ3n) is 4.32. The van der Waals surface area contributed by atoms with E-state index in [1.807, 2.05) is 25.1 Å². The van der Waals surface area contributed by atoms with Gasteiger partial charge in [-0.15, -0.1) is 0 Å². The molecule has 6 heteroatoms. The predicted molar refractivity (Wildman–Crippen MR) is 87.3 cm³/mol. The molecular formula is C16H22N4O2. The van der Waals surface area contributed by atoms with E-state index in [-0.39, 0.29) is 18.2 Å². The van der Waals surface area contributed by atoms with Gasteiger partial charge in [-0.3, -0.25) is 14.7 Å². The van der Waals surface area contributed by atoms with Crippen LogP contribution >= 0.6 is 0 Å². The van der Waals surface area contributed by atoms with E-state index in [2.05, 4.69) is 19.8 Å². The van der Waals surface area contributed by atoms with Crippen LogP contribution in [0.1, 0.15) is 13.3 Å². The van der Waals surface area contributed by atoms with Crippen molar-refractivity contribution in [3.05, 3.63) is 34.6 Å². The van der Waals surface area contributed by atoms with Crippen LogP contribution in [0.3, 0.4) is 0 Å². The Labute approximate surface area is 129 Å². The molecule has 0 aliphatic carbocycles. The first-order valence-corrected chi connectivity index (χ1v) is 7.78. The Morgan fingerprint density at radius 2 is 2.09 bits per heavy atom. The fourth-order valence-corrected chi connectivity index (χ4v) is 2.93. The number of hydrogen-bond acceptors (Lipinski definition) is 5. The van der Waals surface area contributed by atoms with Gasteiger partial charge in [0.2, 0.25) is 5.95 Å². The first-order valence-electron chi connectivity index (χ1n) is 7.78. The van der Waals surface area contributed by atoms with Crippen LogP contribution in [0.15, 0.2) is 29.1 Å². The van der Waals surface area contributed by atoms with Crippen molar-refractivity contribution in [2.75, 3.05) is 37.7 Å². The minimum Gasteiger partial charge on any atom is -0.395 e. The SMILES string of the molecule is CC(CO)N1CCCN(c2nc3ccccc3c(=O)[nH]2)CC1. The van der Waals surface area contributed by atoms with Gasteiger partial charge in [0.1, 0.15) is 0 Å². The Morgan fingerprint density at radius 3 is 2.91 bits per heavy atom. The molecule has 2 aromatic rings. The van der Waals surface area contributed by atoms with Gasteiger partial charge in [0, 0.05) is 32.2 Å². The standard InChI is InChI=1S/C16H22N4O2/c1-12(11-21)19-7-4-8-20(10-9-19)16-17-14-6-3-2-5-13(14)15(22)18-16/h2-3,5-6,12,21H,4,7-11H2,1H3,(H,17,18,22). The lowest BCUT2D eigenvalue weighted by molar-refractivity contribution is 0.141. The number of benzene rings is 1. The van der Waals surface area contributed by atoms with Crippen LogP contribution in [0.4, 0.5) is 5.95 Å². The Balaban J connectivity index is 1.84. The summed E-state index contributed by atoms with van der Waals surface area (Å²) in [5.74, 6) is 0.641. The number of aliphatic hydroxyl groups excluding tert-OH is 1.